The summed E-state index contributed by atoms with van der Waals surface area (Å²) in [7, 11) is 0.991. The Kier molecular flexibility index (Phi) is 40.5. The number of quaternary nitrogens is 1. The van der Waals surface area contributed by atoms with Crippen LogP contribution in [0.3, 0.4) is 0 Å². The lowest BCUT2D eigenvalue weighted by molar-refractivity contribution is -0.870. The van der Waals surface area contributed by atoms with Crippen LogP contribution in [0.5, 0.6) is 0 Å². The maximum Gasteiger partial charge on any atom is 0.268 e. The van der Waals surface area contributed by atoms with E-state index in [1.54, 1.807) is 0 Å². The van der Waals surface area contributed by atoms with Crippen molar-refractivity contribution in [2.45, 2.75) is 270 Å². The molecular weight excluding hydrogens is 788 g/mol. The molecule has 0 fully saturated rings. The van der Waals surface area contributed by atoms with Gasteiger partial charge in [0.25, 0.3) is 7.82 Å². The second kappa shape index (κ2) is 40.9. The van der Waals surface area contributed by atoms with Gasteiger partial charge in [-0.05, 0) is 18.8 Å². The van der Waals surface area contributed by atoms with Crippen LogP contribution in [0.15, 0.2) is 0 Å². The molecule has 0 bridgehead atoms. The number of nitrogens with one attached hydrogen (secondary N) is 1. The number of unbranched alkanes of at least 4 members (excludes halogenated alkanes) is 30. The van der Waals surface area contributed by atoms with Gasteiger partial charge in [-0.25, -0.2) is 0 Å². The van der Waals surface area contributed by atoms with Crippen molar-refractivity contribution in [3.8, 4) is 0 Å². The second-order valence-corrected chi connectivity index (χ2v) is 21.4. The van der Waals surface area contributed by atoms with Gasteiger partial charge >= 0.3 is 0 Å². The summed E-state index contributed by atoms with van der Waals surface area (Å²) >= 11 is 0. The van der Waals surface area contributed by atoms with Gasteiger partial charge in [-0.15, -0.1) is 0 Å². The Labute approximate surface area is 377 Å². The molecule has 0 aromatic carbocycles. The molecule has 366 valence electrons. The van der Waals surface area contributed by atoms with Gasteiger partial charge in [-0.2, -0.15) is 0 Å². The summed E-state index contributed by atoms with van der Waals surface area (Å²) < 4.78 is 23.1. The number of phosphoric ester groups is 1. The van der Waals surface area contributed by atoms with Crippen molar-refractivity contribution in [1.82, 2.24) is 5.32 Å². The van der Waals surface area contributed by atoms with Crippen LogP contribution in [0.25, 0.3) is 0 Å². The molecule has 10 nitrogen and oxygen atoms in total. The molecule has 0 heterocycles. The molecule has 61 heavy (non-hydrogen) atoms. The van der Waals surface area contributed by atoms with Gasteiger partial charge in [0.05, 0.1) is 39.9 Å². The average Bonchev–Trinajstić information content (AvgIpc) is 3.20. The van der Waals surface area contributed by atoms with E-state index in [2.05, 4.69) is 26.1 Å². The van der Waals surface area contributed by atoms with Crippen LogP contribution in [-0.4, -0.2) is 91.0 Å². The molecule has 0 aliphatic heterocycles. The molecule has 0 aromatic rings. The van der Waals surface area contributed by atoms with Crippen LogP contribution in [0.2, 0.25) is 0 Å². The first-order valence-electron chi connectivity index (χ1n) is 25.9. The monoisotopic (exact) mass is 891 g/mol. The van der Waals surface area contributed by atoms with Crippen LogP contribution < -0.4 is 10.2 Å². The molecule has 0 saturated carbocycles. The van der Waals surface area contributed by atoms with E-state index in [0.717, 1.165) is 44.4 Å². The average molecular weight is 891 g/mol. The van der Waals surface area contributed by atoms with Gasteiger partial charge in [0.15, 0.2) is 0 Å². The molecule has 0 aliphatic rings. The van der Waals surface area contributed by atoms with E-state index in [9.17, 15) is 29.6 Å². The van der Waals surface area contributed by atoms with Crippen LogP contribution >= 0.6 is 7.82 Å². The van der Waals surface area contributed by atoms with Gasteiger partial charge < -0.3 is 39.1 Å². The molecule has 1 amide bonds. The molecule has 4 N–H and O–H groups in total. The predicted octanol–water partition coefficient (Wildman–Crippen LogP) is 12.1. The Morgan fingerprint density at radius 2 is 0.902 bits per heavy atom. The Hall–Kier alpha value is -0.580. The lowest BCUT2D eigenvalue weighted by atomic mass is 9.99. The van der Waals surface area contributed by atoms with Gasteiger partial charge in [-0.1, -0.05) is 233 Å². The summed E-state index contributed by atoms with van der Waals surface area (Å²) in [4.78, 5) is 25.5. The highest BCUT2D eigenvalue weighted by atomic mass is 31.2. The first-order valence-corrected chi connectivity index (χ1v) is 27.4. The smallest absolute Gasteiger partial charge is 0.268 e. The van der Waals surface area contributed by atoms with Gasteiger partial charge in [0.1, 0.15) is 25.4 Å². The molecule has 0 spiro atoms. The third kappa shape index (κ3) is 41.8. The minimum Gasteiger partial charge on any atom is -0.756 e. The second-order valence-electron chi connectivity index (χ2n) is 20.0. The van der Waals surface area contributed by atoms with E-state index in [-0.39, 0.29) is 13.0 Å². The maximum absolute atomic E-state index is 13.0. The molecule has 0 radical (unpaired) electrons. The Bertz CT molecular complexity index is 1010. The quantitative estimate of drug-likeness (QED) is 0.0268. The molecule has 0 saturated heterocycles. The number of hydrogen-bond donors (Lipinski definition) is 4. The number of aliphatic hydroxyl groups is 3. The van der Waals surface area contributed by atoms with Gasteiger partial charge in [0, 0.05) is 0 Å². The summed E-state index contributed by atoms with van der Waals surface area (Å²) in [6.07, 6.45) is 38.0. The molecule has 11 heteroatoms. The van der Waals surface area contributed by atoms with Crippen molar-refractivity contribution < 1.29 is 43.1 Å². The molecule has 2 unspecified atom stereocenters. The summed E-state index contributed by atoms with van der Waals surface area (Å²) in [6.45, 7) is 6.54. The van der Waals surface area contributed by atoms with Crippen LogP contribution in [0, 0.1) is 5.92 Å². The number of aliphatic hydroxyl groups excluding tert-OH is 3. The van der Waals surface area contributed by atoms with E-state index in [0.29, 0.717) is 30.3 Å². The van der Waals surface area contributed by atoms with Crippen molar-refractivity contribution in [2.75, 3.05) is 40.9 Å². The van der Waals surface area contributed by atoms with Crippen molar-refractivity contribution in [3.05, 3.63) is 0 Å². The fourth-order valence-corrected chi connectivity index (χ4v) is 8.70. The number of likely N-dealkylation sites (N-methyl/N-ethyl adjacent to an activating group) is 1. The van der Waals surface area contributed by atoms with E-state index in [1.165, 1.54) is 161 Å². The number of carbonyl (C=O) groups is 1. The standard InChI is InChI=1S/C50H103N2O8P/c1-7-8-9-10-11-12-13-14-15-16-17-18-19-20-21-22-23-24-25-26-27-32-35-38-41-48(54)50(56)51-46(44-60-61(57,58)59-43-42-52(4,5)6)49(55)47(53)40-37-34-31-29-28-30-33-36-39-45(2)3/h45-49,53-55H,7-44H2,1-6H3,(H-,51,56,57,58)/t46-,47+,48?,49-/m0/s1. The Morgan fingerprint density at radius 3 is 1.26 bits per heavy atom. The fourth-order valence-electron chi connectivity index (χ4n) is 7.98. The zero-order chi connectivity index (χ0) is 45.5. The van der Waals surface area contributed by atoms with E-state index >= 15 is 0 Å². The lowest BCUT2D eigenvalue weighted by Crippen LogP contribution is -2.53. The lowest BCUT2D eigenvalue weighted by Gasteiger charge is -2.31. The number of rotatable bonds is 47. The summed E-state index contributed by atoms with van der Waals surface area (Å²) in [5.41, 5.74) is 0. The van der Waals surface area contributed by atoms with Gasteiger partial charge in [0.2, 0.25) is 5.91 Å². The van der Waals surface area contributed by atoms with Crippen LogP contribution in [0.4, 0.5) is 0 Å². The topological polar surface area (TPSA) is 148 Å². The number of phosphoric acid groups is 1. The van der Waals surface area contributed by atoms with E-state index < -0.39 is 44.7 Å². The fraction of sp³-hybridized carbons (Fsp3) is 0.980. The van der Waals surface area contributed by atoms with Crippen molar-refractivity contribution in [3.63, 3.8) is 0 Å². The molecule has 5 atom stereocenters. The van der Waals surface area contributed by atoms with Crippen LogP contribution in [0.1, 0.15) is 245 Å². The SMILES string of the molecule is CCCCCCCCCCCCCCCCCCCCCCCCCCC(O)C(=O)N[C@@H](COP(=O)([O-])OCC[N+](C)(C)C)[C@H](O)[C@H](O)CCCCCCCCCCC(C)C. The largest absolute Gasteiger partial charge is 0.756 e. The molecular formula is C50H103N2O8P. The third-order valence-electron chi connectivity index (χ3n) is 12.2. The third-order valence-corrected chi connectivity index (χ3v) is 13.2. The van der Waals surface area contributed by atoms with Crippen molar-refractivity contribution in [2.24, 2.45) is 5.92 Å². The van der Waals surface area contributed by atoms with E-state index in [4.69, 9.17) is 9.05 Å². The van der Waals surface area contributed by atoms with Crippen LogP contribution in [-0.2, 0) is 18.4 Å². The molecule has 0 rings (SSSR count). The van der Waals surface area contributed by atoms with Crippen molar-refractivity contribution in [1.29, 1.82) is 0 Å². The minimum absolute atomic E-state index is 0.0806. The highest BCUT2D eigenvalue weighted by Gasteiger charge is 2.31. The number of hydrogen-bond acceptors (Lipinski definition) is 8. The summed E-state index contributed by atoms with van der Waals surface area (Å²) in [6, 6.07) is -1.24. The van der Waals surface area contributed by atoms with Gasteiger partial charge in [-0.3, -0.25) is 9.36 Å². The maximum atomic E-state index is 13.0. The zero-order valence-corrected chi connectivity index (χ0v) is 41.9. The zero-order valence-electron chi connectivity index (χ0n) is 41.0. The molecule has 0 aliphatic carbocycles. The normalized spacial score (nSPS) is 15.2. The summed E-state index contributed by atoms with van der Waals surface area (Å²) in [5, 5.41) is 35.1. The Balaban J connectivity index is 4.31. The predicted molar refractivity (Wildman–Crippen MR) is 254 cm³/mol. The number of amides is 1. The summed E-state index contributed by atoms with van der Waals surface area (Å²) in [5.74, 6) is 0.0408. The first kappa shape index (κ1) is 60.4. The first-order chi connectivity index (χ1) is 29.2. The number of carbonyl (C=O) groups excluding carboxylic acids is 1. The van der Waals surface area contributed by atoms with E-state index in [1.807, 2.05) is 21.1 Å². The highest BCUT2D eigenvalue weighted by Crippen LogP contribution is 2.38. The Morgan fingerprint density at radius 1 is 0.557 bits per heavy atom. The minimum atomic E-state index is -4.74. The van der Waals surface area contributed by atoms with Crippen molar-refractivity contribution >= 4 is 13.7 Å². The highest BCUT2D eigenvalue weighted by molar-refractivity contribution is 7.45. The number of nitrogens with zero attached hydrogens (tertiary/aromatic N) is 1. The molecule has 0 aromatic heterocycles.